The molecule has 9 heteroatoms. The van der Waals surface area contributed by atoms with Gasteiger partial charge in [-0.3, -0.25) is 4.79 Å². The van der Waals surface area contributed by atoms with E-state index in [0.717, 1.165) is 0 Å². The van der Waals surface area contributed by atoms with Crippen molar-refractivity contribution < 1.29 is 19.8 Å². The quantitative estimate of drug-likeness (QED) is 0.619. The van der Waals surface area contributed by atoms with E-state index in [-0.39, 0.29) is 18.5 Å². The Labute approximate surface area is 135 Å². The molecule has 0 bridgehead atoms. The Balaban J connectivity index is 1.93. The highest BCUT2D eigenvalue weighted by atomic mass is 16.4. The number of benzene rings is 1. The van der Waals surface area contributed by atoms with Crippen molar-refractivity contribution in [2.24, 2.45) is 0 Å². The van der Waals surface area contributed by atoms with Crippen LogP contribution >= 0.6 is 0 Å². The van der Waals surface area contributed by atoms with Crippen molar-refractivity contribution in [1.29, 1.82) is 0 Å². The molecule has 0 aliphatic rings. The number of carboxylic acids is 2. The van der Waals surface area contributed by atoms with Crippen LogP contribution in [0.1, 0.15) is 16.8 Å². The molecule has 1 aromatic carbocycles. The van der Waals surface area contributed by atoms with Crippen LogP contribution < -0.4 is 5.32 Å². The first kappa shape index (κ1) is 15.4. The second-order valence-corrected chi connectivity index (χ2v) is 4.94. The zero-order valence-electron chi connectivity index (χ0n) is 12.4. The molecule has 0 aliphatic heterocycles. The van der Waals surface area contributed by atoms with E-state index in [1.807, 2.05) is 0 Å². The molecule has 2 aromatic heterocycles. The van der Waals surface area contributed by atoms with E-state index in [9.17, 15) is 9.59 Å². The standard InChI is InChI=1S/C15H13N5O4/c21-12(22)5-6-16-13-11-7-19-20(14(11)18-8-17-13)10-3-1-9(2-4-10)15(23)24/h1-4,7-8H,5-6H2,(H,21,22)(H,23,24)(H,16,17,18). The summed E-state index contributed by atoms with van der Waals surface area (Å²) in [6, 6.07) is 6.24. The Morgan fingerprint density at radius 2 is 1.88 bits per heavy atom. The van der Waals surface area contributed by atoms with Gasteiger partial charge in [-0.05, 0) is 24.3 Å². The number of aromatic carboxylic acids is 1. The topological polar surface area (TPSA) is 130 Å². The summed E-state index contributed by atoms with van der Waals surface area (Å²) in [5.74, 6) is -1.41. The third-order valence-corrected chi connectivity index (χ3v) is 3.36. The number of hydrogen-bond acceptors (Lipinski definition) is 6. The third-order valence-electron chi connectivity index (χ3n) is 3.36. The van der Waals surface area contributed by atoms with E-state index in [0.29, 0.717) is 22.5 Å². The van der Waals surface area contributed by atoms with Crippen molar-refractivity contribution >= 4 is 28.8 Å². The van der Waals surface area contributed by atoms with E-state index >= 15 is 0 Å². The zero-order chi connectivity index (χ0) is 17.1. The lowest BCUT2D eigenvalue weighted by atomic mass is 10.2. The van der Waals surface area contributed by atoms with Crippen LogP contribution in [0.15, 0.2) is 36.8 Å². The summed E-state index contributed by atoms with van der Waals surface area (Å²) in [7, 11) is 0. The smallest absolute Gasteiger partial charge is 0.335 e. The van der Waals surface area contributed by atoms with Crippen LogP contribution in [-0.4, -0.2) is 48.4 Å². The van der Waals surface area contributed by atoms with E-state index in [1.54, 1.807) is 23.0 Å². The molecule has 122 valence electrons. The maximum atomic E-state index is 10.9. The second-order valence-electron chi connectivity index (χ2n) is 4.94. The Bertz CT molecular complexity index is 904. The first-order valence-corrected chi connectivity index (χ1v) is 7.04. The molecule has 3 aromatic rings. The fraction of sp³-hybridized carbons (Fsp3) is 0.133. The van der Waals surface area contributed by atoms with Crippen molar-refractivity contribution in [2.75, 3.05) is 11.9 Å². The van der Waals surface area contributed by atoms with Gasteiger partial charge < -0.3 is 15.5 Å². The molecule has 0 aliphatic carbocycles. The van der Waals surface area contributed by atoms with Gasteiger partial charge in [0.1, 0.15) is 12.1 Å². The Morgan fingerprint density at radius 1 is 1.12 bits per heavy atom. The first-order chi connectivity index (χ1) is 11.6. The van der Waals surface area contributed by atoms with E-state index in [4.69, 9.17) is 10.2 Å². The first-order valence-electron chi connectivity index (χ1n) is 7.04. The SMILES string of the molecule is O=C(O)CCNc1ncnc2c1cnn2-c1ccc(C(=O)O)cc1. The van der Waals surface area contributed by atoms with Crippen LogP contribution in [0.4, 0.5) is 5.82 Å². The molecule has 0 spiro atoms. The molecule has 0 unspecified atom stereocenters. The van der Waals surface area contributed by atoms with Crippen molar-refractivity contribution in [3.63, 3.8) is 0 Å². The number of aliphatic carboxylic acids is 1. The lowest BCUT2D eigenvalue weighted by Gasteiger charge is -2.06. The van der Waals surface area contributed by atoms with Crippen molar-refractivity contribution in [1.82, 2.24) is 19.7 Å². The van der Waals surface area contributed by atoms with Gasteiger partial charge in [-0.15, -0.1) is 0 Å². The fourth-order valence-electron chi connectivity index (χ4n) is 2.21. The van der Waals surface area contributed by atoms with Gasteiger partial charge in [0.2, 0.25) is 0 Å². The lowest BCUT2D eigenvalue weighted by molar-refractivity contribution is -0.136. The Morgan fingerprint density at radius 3 is 2.54 bits per heavy atom. The molecular weight excluding hydrogens is 314 g/mol. The highest BCUT2D eigenvalue weighted by Gasteiger charge is 2.12. The van der Waals surface area contributed by atoms with Gasteiger partial charge in [-0.2, -0.15) is 5.10 Å². The number of carboxylic acid groups (broad SMARTS) is 2. The van der Waals surface area contributed by atoms with Gasteiger partial charge in [0.25, 0.3) is 0 Å². The van der Waals surface area contributed by atoms with Gasteiger partial charge in [0, 0.05) is 6.54 Å². The largest absolute Gasteiger partial charge is 0.481 e. The fourth-order valence-corrected chi connectivity index (χ4v) is 2.21. The summed E-state index contributed by atoms with van der Waals surface area (Å²) >= 11 is 0. The minimum Gasteiger partial charge on any atom is -0.481 e. The average Bonchev–Trinajstić information content (AvgIpc) is 2.99. The van der Waals surface area contributed by atoms with Crippen molar-refractivity contribution in [2.45, 2.75) is 6.42 Å². The summed E-state index contributed by atoms with van der Waals surface area (Å²) in [5, 5.41) is 25.5. The normalized spacial score (nSPS) is 10.7. The van der Waals surface area contributed by atoms with Crippen LogP contribution in [0.25, 0.3) is 16.7 Å². The summed E-state index contributed by atoms with van der Waals surface area (Å²) < 4.78 is 1.56. The number of hydrogen-bond donors (Lipinski definition) is 3. The zero-order valence-corrected chi connectivity index (χ0v) is 12.4. The molecule has 0 fully saturated rings. The van der Waals surface area contributed by atoms with Gasteiger partial charge in [0.15, 0.2) is 5.65 Å². The van der Waals surface area contributed by atoms with Gasteiger partial charge in [-0.25, -0.2) is 19.4 Å². The molecule has 0 radical (unpaired) electrons. The predicted octanol–water partition coefficient (Wildman–Crippen LogP) is 1.40. The number of carbonyl (C=O) groups is 2. The van der Waals surface area contributed by atoms with Gasteiger partial charge in [-0.1, -0.05) is 0 Å². The van der Waals surface area contributed by atoms with Gasteiger partial charge in [0.05, 0.1) is 29.3 Å². The molecule has 0 atom stereocenters. The van der Waals surface area contributed by atoms with Crippen LogP contribution in [0.3, 0.4) is 0 Å². The number of rotatable bonds is 6. The second kappa shape index (κ2) is 6.32. The lowest BCUT2D eigenvalue weighted by Crippen LogP contribution is -2.09. The van der Waals surface area contributed by atoms with E-state index < -0.39 is 11.9 Å². The van der Waals surface area contributed by atoms with E-state index in [2.05, 4.69) is 20.4 Å². The molecule has 2 heterocycles. The number of anilines is 1. The maximum Gasteiger partial charge on any atom is 0.335 e. The maximum absolute atomic E-state index is 10.9. The molecule has 3 rings (SSSR count). The summed E-state index contributed by atoms with van der Waals surface area (Å²) in [4.78, 5) is 29.8. The number of aromatic nitrogens is 4. The Kier molecular flexibility index (Phi) is 4.06. The van der Waals surface area contributed by atoms with Crippen LogP contribution in [0, 0.1) is 0 Å². The molecule has 9 nitrogen and oxygen atoms in total. The molecular formula is C15H13N5O4. The molecule has 3 N–H and O–H groups in total. The highest BCUT2D eigenvalue weighted by molar-refractivity contribution is 5.89. The molecule has 24 heavy (non-hydrogen) atoms. The molecule has 0 saturated carbocycles. The summed E-state index contributed by atoms with van der Waals surface area (Å²) in [6.07, 6.45) is 2.90. The monoisotopic (exact) mass is 327 g/mol. The van der Waals surface area contributed by atoms with Gasteiger partial charge >= 0.3 is 11.9 Å². The number of fused-ring (bicyclic) bond motifs is 1. The third kappa shape index (κ3) is 3.00. The average molecular weight is 327 g/mol. The number of nitrogens with one attached hydrogen (secondary N) is 1. The Hall–Kier alpha value is -3.49. The van der Waals surface area contributed by atoms with Crippen LogP contribution in [-0.2, 0) is 4.79 Å². The molecule has 0 saturated heterocycles. The highest BCUT2D eigenvalue weighted by Crippen LogP contribution is 2.21. The van der Waals surface area contributed by atoms with Crippen molar-refractivity contribution in [3.8, 4) is 5.69 Å². The van der Waals surface area contributed by atoms with Crippen molar-refractivity contribution in [3.05, 3.63) is 42.4 Å². The molecule has 0 amide bonds. The summed E-state index contributed by atoms with van der Waals surface area (Å²) in [6.45, 7) is 0.236. The summed E-state index contributed by atoms with van der Waals surface area (Å²) in [5.41, 5.74) is 1.37. The number of nitrogens with zero attached hydrogens (tertiary/aromatic N) is 4. The van der Waals surface area contributed by atoms with E-state index in [1.165, 1.54) is 18.5 Å². The minimum atomic E-state index is -1.00. The predicted molar refractivity (Wildman–Crippen MR) is 84.4 cm³/mol. The minimum absolute atomic E-state index is 0.0315. The van der Waals surface area contributed by atoms with Crippen LogP contribution in [0.2, 0.25) is 0 Å². The van der Waals surface area contributed by atoms with Crippen LogP contribution in [0.5, 0.6) is 0 Å².